The third kappa shape index (κ3) is 6.34. The molecule has 0 aliphatic carbocycles. The molecule has 0 heterocycles. The predicted molar refractivity (Wildman–Crippen MR) is 111 cm³/mol. The molecule has 1 atom stereocenters. The molecule has 2 aromatic carbocycles. The van der Waals surface area contributed by atoms with Crippen molar-refractivity contribution >= 4 is 17.6 Å². The molecule has 2 N–H and O–H groups in total. The van der Waals surface area contributed by atoms with Gasteiger partial charge in [0.25, 0.3) is 0 Å². The molecular formula is C23H28N2O3. The molecule has 5 heteroatoms. The highest BCUT2D eigenvalue weighted by Gasteiger charge is 2.22. The zero-order chi connectivity index (χ0) is 20.7. The average molecular weight is 380 g/mol. The van der Waals surface area contributed by atoms with E-state index >= 15 is 0 Å². The van der Waals surface area contributed by atoms with Crippen molar-refractivity contribution in [1.29, 1.82) is 0 Å². The second-order valence-corrected chi connectivity index (χ2v) is 7.32. The first kappa shape index (κ1) is 21.4. The van der Waals surface area contributed by atoms with Gasteiger partial charge in [-0.1, -0.05) is 62.4 Å². The third-order valence-corrected chi connectivity index (χ3v) is 4.49. The number of hydrogen-bond acceptors (Lipinski definition) is 3. The van der Waals surface area contributed by atoms with Crippen molar-refractivity contribution in [2.75, 3.05) is 0 Å². The summed E-state index contributed by atoms with van der Waals surface area (Å²) in [7, 11) is 0. The predicted octanol–water partition coefficient (Wildman–Crippen LogP) is 3.26. The van der Waals surface area contributed by atoms with Crippen LogP contribution in [-0.4, -0.2) is 23.6 Å². The van der Waals surface area contributed by atoms with Crippen LogP contribution in [0.4, 0.5) is 0 Å². The SMILES string of the molecule is CC(=O)NCc1ccc(-c2cccc(C[C@H](NC(C)=O)C(=O)C(C)C)c2)cc1. The lowest BCUT2D eigenvalue weighted by molar-refractivity contribution is -0.128. The maximum Gasteiger partial charge on any atom is 0.217 e. The van der Waals surface area contributed by atoms with Crippen LogP contribution in [0.15, 0.2) is 48.5 Å². The molecule has 28 heavy (non-hydrogen) atoms. The molecule has 0 bridgehead atoms. The maximum absolute atomic E-state index is 12.4. The highest BCUT2D eigenvalue weighted by atomic mass is 16.2. The van der Waals surface area contributed by atoms with E-state index in [0.29, 0.717) is 13.0 Å². The van der Waals surface area contributed by atoms with Crippen LogP contribution < -0.4 is 10.6 Å². The Morgan fingerprint density at radius 1 is 0.857 bits per heavy atom. The van der Waals surface area contributed by atoms with Crippen LogP contribution >= 0.6 is 0 Å². The molecule has 0 unspecified atom stereocenters. The number of benzene rings is 2. The molecule has 0 aromatic heterocycles. The highest BCUT2D eigenvalue weighted by molar-refractivity contribution is 5.90. The number of nitrogens with one attached hydrogen (secondary N) is 2. The van der Waals surface area contributed by atoms with Crippen molar-refractivity contribution in [2.24, 2.45) is 5.92 Å². The van der Waals surface area contributed by atoms with Gasteiger partial charge in [-0.05, 0) is 28.7 Å². The Labute approximate surface area is 166 Å². The van der Waals surface area contributed by atoms with Gasteiger partial charge in [0.05, 0.1) is 6.04 Å². The Bertz CT molecular complexity index is 841. The van der Waals surface area contributed by atoms with E-state index in [9.17, 15) is 14.4 Å². The van der Waals surface area contributed by atoms with Crippen molar-refractivity contribution in [1.82, 2.24) is 10.6 Å². The monoisotopic (exact) mass is 380 g/mol. The quantitative estimate of drug-likeness (QED) is 0.738. The molecule has 0 fully saturated rings. The summed E-state index contributed by atoms with van der Waals surface area (Å²) in [6.07, 6.45) is 0.463. The molecule has 0 aliphatic rings. The topological polar surface area (TPSA) is 75.3 Å². The van der Waals surface area contributed by atoms with Gasteiger partial charge >= 0.3 is 0 Å². The summed E-state index contributed by atoms with van der Waals surface area (Å²) < 4.78 is 0. The van der Waals surface area contributed by atoms with Gasteiger partial charge in [0.2, 0.25) is 11.8 Å². The number of carbonyl (C=O) groups excluding carboxylic acids is 3. The highest BCUT2D eigenvalue weighted by Crippen LogP contribution is 2.22. The molecular weight excluding hydrogens is 352 g/mol. The molecule has 2 amide bonds. The zero-order valence-electron chi connectivity index (χ0n) is 16.9. The standard InChI is InChI=1S/C23H28N2O3/c1-15(2)23(28)22(25-17(4)27)13-19-6-5-7-21(12-19)20-10-8-18(9-11-20)14-24-16(3)26/h5-12,15,22H,13-14H2,1-4H3,(H,24,26)(H,25,27)/t22-/m0/s1. The number of amides is 2. The average Bonchev–Trinajstić information content (AvgIpc) is 2.65. The van der Waals surface area contributed by atoms with E-state index < -0.39 is 6.04 Å². The van der Waals surface area contributed by atoms with Gasteiger partial charge in [0, 0.05) is 26.3 Å². The summed E-state index contributed by atoms with van der Waals surface area (Å²) in [5.74, 6) is -0.370. The van der Waals surface area contributed by atoms with Gasteiger partial charge in [0.1, 0.15) is 0 Å². The summed E-state index contributed by atoms with van der Waals surface area (Å²) in [5, 5.41) is 5.56. The van der Waals surface area contributed by atoms with E-state index in [1.165, 1.54) is 13.8 Å². The van der Waals surface area contributed by atoms with E-state index in [2.05, 4.69) is 10.6 Å². The first-order valence-corrected chi connectivity index (χ1v) is 9.49. The summed E-state index contributed by atoms with van der Waals surface area (Å²) in [6.45, 7) is 7.12. The van der Waals surface area contributed by atoms with Gasteiger partial charge in [0.15, 0.2) is 5.78 Å². The smallest absolute Gasteiger partial charge is 0.217 e. The second kappa shape index (κ2) is 9.83. The van der Waals surface area contributed by atoms with Crippen LogP contribution in [0.3, 0.4) is 0 Å². The largest absolute Gasteiger partial charge is 0.352 e. The second-order valence-electron chi connectivity index (χ2n) is 7.32. The Kier molecular flexibility index (Phi) is 7.50. The van der Waals surface area contributed by atoms with E-state index in [1.807, 2.05) is 62.4 Å². The van der Waals surface area contributed by atoms with Crippen LogP contribution in [0.2, 0.25) is 0 Å². The number of hydrogen-bond donors (Lipinski definition) is 2. The molecule has 5 nitrogen and oxygen atoms in total. The fraction of sp³-hybridized carbons (Fsp3) is 0.348. The number of Topliss-reactive ketones (excluding diaryl/α,β-unsaturated/α-hetero) is 1. The fourth-order valence-electron chi connectivity index (χ4n) is 3.03. The van der Waals surface area contributed by atoms with Crippen molar-refractivity contribution in [3.8, 4) is 11.1 Å². The molecule has 0 saturated heterocycles. The Balaban J connectivity index is 2.17. The lowest BCUT2D eigenvalue weighted by atomic mass is 9.94. The lowest BCUT2D eigenvalue weighted by Crippen LogP contribution is -2.43. The molecule has 0 aliphatic heterocycles. The van der Waals surface area contributed by atoms with Crippen LogP contribution in [0, 0.1) is 5.92 Å². The Morgan fingerprint density at radius 3 is 2.11 bits per heavy atom. The minimum Gasteiger partial charge on any atom is -0.352 e. The van der Waals surface area contributed by atoms with Crippen LogP contribution in [0.25, 0.3) is 11.1 Å². The Hall–Kier alpha value is -2.95. The van der Waals surface area contributed by atoms with E-state index in [-0.39, 0.29) is 23.5 Å². The van der Waals surface area contributed by atoms with Crippen LogP contribution in [0.1, 0.15) is 38.8 Å². The number of rotatable bonds is 8. The van der Waals surface area contributed by atoms with Gasteiger partial charge in [-0.3, -0.25) is 14.4 Å². The van der Waals surface area contributed by atoms with Crippen LogP contribution in [-0.2, 0) is 27.3 Å². The van der Waals surface area contributed by atoms with Gasteiger partial charge in [-0.25, -0.2) is 0 Å². The first-order chi connectivity index (χ1) is 13.3. The number of ketones is 1. The minimum absolute atomic E-state index is 0.0305. The molecule has 148 valence electrons. The fourth-order valence-corrected chi connectivity index (χ4v) is 3.03. The van der Waals surface area contributed by atoms with Crippen molar-refractivity contribution in [3.63, 3.8) is 0 Å². The first-order valence-electron chi connectivity index (χ1n) is 9.49. The Morgan fingerprint density at radius 2 is 1.54 bits per heavy atom. The van der Waals surface area contributed by atoms with Crippen LogP contribution in [0.5, 0.6) is 0 Å². The van der Waals surface area contributed by atoms with Gasteiger partial charge in [-0.15, -0.1) is 0 Å². The molecule has 0 radical (unpaired) electrons. The maximum atomic E-state index is 12.4. The van der Waals surface area contributed by atoms with E-state index in [0.717, 1.165) is 22.3 Å². The lowest BCUT2D eigenvalue weighted by Gasteiger charge is -2.19. The minimum atomic E-state index is -0.521. The van der Waals surface area contributed by atoms with Crippen molar-refractivity contribution in [3.05, 3.63) is 59.7 Å². The number of carbonyl (C=O) groups is 3. The molecule has 2 rings (SSSR count). The van der Waals surface area contributed by atoms with E-state index in [1.54, 1.807) is 0 Å². The van der Waals surface area contributed by atoms with Crippen molar-refractivity contribution in [2.45, 2.75) is 46.7 Å². The summed E-state index contributed by atoms with van der Waals surface area (Å²) >= 11 is 0. The van der Waals surface area contributed by atoms with Crippen molar-refractivity contribution < 1.29 is 14.4 Å². The molecule has 0 saturated carbocycles. The molecule has 0 spiro atoms. The normalized spacial score (nSPS) is 11.8. The zero-order valence-corrected chi connectivity index (χ0v) is 16.9. The summed E-state index contributed by atoms with van der Waals surface area (Å²) in [4.78, 5) is 35.0. The van der Waals surface area contributed by atoms with Gasteiger partial charge in [-0.2, -0.15) is 0 Å². The van der Waals surface area contributed by atoms with Gasteiger partial charge < -0.3 is 10.6 Å². The molecule has 2 aromatic rings. The summed E-state index contributed by atoms with van der Waals surface area (Å²) in [6, 6.07) is 15.5. The third-order valence-electron chi connectivity index (χ3n) is 4.49. The van der Waals surface area contributed by atoms with E-state index in [4.69, 9.17) is 0 Å². The summed E-state index contributed by atoms with van der Waals surface area (Å²) in [5.41, 5.74) is 4.12.